The summed E-state index contributed by atoms with van der Waals surface area (Å²) in [5.74, 6) is 0.608. The van der Waals surface area contributed by atoms with E-state index < -0.39 is 0 Å². The summed E-state index contributed by atoms with van der Waals surface area (Å²) in [6, 6.07) is 10.3. The monoisotopic (exact) mass is 294 g/mol. The fourth-order valence-corrected chi connectivity index (χ4v) is 3.23. The SMILES string of the molecule is C=C(/C(=C/CC)CC)N1CCC(c2ccc(C#N)cc2)CC1. The molecule has 0 bridgehead atoms. The number of likely N-dealkylation sites (tertiary alicyclic amines) is 1. The molecule has 1 aromatic rings. The Balaban J connectivity index is 1.96. The number of allylic oxidation sites excluding steroid dienone is 2. The van der Waals surface area contributed by atoms with E-state index >= 15 is 0 Å². The first-order chi connectivity index (χ1) is 10.7. The Kier molecular flexibility index (Phi) is 5.83. The van der Waals surface area contributed by atoms with Crippen LogP contribution in [0, 0.1) is 11.3 Å². The van der Waals surface area contributed by atoms with Crippen LogP contribution in [0.15, 0.2) is 48.2 Å². The van der Waals surface area contributed by atoms with Gasteiger partial charge in [-0.3, -0.25) is 0 Å². The Labute approximate surface area is 134 Å². The minimum absolute atomic E-state index is 0.608. The maximum absolute atomic E-state index is 8.88. The van der Waals surface area contributed by atoms with E-state index in [0.717, 1.165) is 44.3 Å². The lowest BCUT2D eigenvalue weighted by molar-refractivity contribution is 0.267. The van der Waals surface area contributed by atoms with E-state index in [1.54, 1.807) is 0 Å². The smallest absolute Gasteiger partial charge is 0.0991 e. The second kappa shape index (κ2) is 7.84. The van der Waals surface area contributed by atoms with Crippen LogP contribution in [0.4, 0.5) is 0 Å². The molecule has 0 aromatic heterocycles. The fraction of sp³-hybridized carbons (Fsp3) is 0.450. The third kappa shape index (κ3) is 3.80. The van der Waals surface area contributed by atoms with Gasteiger partial charge in [0, 0.05) is 18.8 Å². The summed E-state index contributed by atoms with van der Waals surface area (Å²) in [4.78, 5) is 2.44. The van der Waals surface area contributed by atoms with Gasteiger partial charge < -0.3 is 4.90 Å². The van der Waals surface area contributed by atoms with Crippen LogP contribution in [0.1, 0.15) is 56.6 Å². The van der Waals surface area contributed by atoms with Gasteiger partial charge in [-0.15, -0.1) is 0 Å². The molecule has 2 heteroatoms. The Morgan fingerprint density at radius 2 is 1.91 bits per heavy atom. The van der Waals surface area contributed by atoms with Crippen molar-refractivity contribution in [2.75, 3.05) is 13.1 Å². The highest BCUT2D eigenvalue weighted by atomic mass is 15.1. The van der Waals surface area contributed by atoms with Crippen molar-refractivity contribution in [2.45, 2.75) is 45.4 Å². The number of piperidine rings is 1. The number of rotatable bonds is 5. The molecule has 0 atom stereocenters. The van der Waals surface area contributed by atoms with Gasteiger partial charge in [0.05, 0.1) is 11.6 Å². The molecular weight excluding hydrogens is 268 g/mol. The van der Waals surface area contributed by atoms with Gasteiger partial charge in [-0.2, -0.15) is 5.26 Å². The van der Waals surface area contributed by atoms with Gasteiger partial charge in [-0.25, -0.2) is 0 Å². The summed E-state index contributed by atoms with van der Waals surface area (Å²) in [6.45, 7) is 10.8. The van der Waals surface area contributed by atoms with E-state index in [0.29, 0.717) is 5.92 Å². The molecule has 1 aliphatic rings. The fourth-order valence-electron chi connectivity index (χ4n) is 3.23. The summed E-state index contributed by atoms with van der Waals surface area (Å²) in [5, 5.41) is 8.88. The Bertz CT molecular complexity index is 567. The number of benzene rings is 1. The van der Waals surface area contributed by atoms with Gasteiger partial charge in [0.25, 0.3) is 0 Å². The van der Waals surface area contributed by atoms with E-state index in [-0.39, 0.29) is 0 Å². The number of hydrogen-bond donors (Lipinski definition) is 0. The second-order valence-corrected chi connectivity index (χ2v) is 5.93. The quantitative estimate of drug-likeness (QED) is 0.715. The zero-order valence-electron chi connectivity index (χ0n) is 13.8. The second-order valence-electron chi connectivity index (χ2n) is 5.93. The normalized spacial score (nSPS) is 16.4. The lowest BCUT2D eigenvalue weighted by atomic mass is 9.88. The van der Waals surface area contributed by atoms with Crippen molar-refractivity contribution in [1.29, 1.82) is 5.26 Å². The summed E-state index contributed by atoms with van der Waals surface area (Å²) in [5.41, 5.74) is 4.71. The predicted molar refractivity (Wildman–Crippen MR) is 92.5 cm³/mol. The molecule has 1 aromatic carbocycles. The Morgan fingerprint density at radius 1 is 1.27 bits per heavy atom. The molecule has 0 radical (unpaired) electrons. The highest BCUT2D eigenvalue weighted by Gasteiger charge is 2.22. The van der Waals surface area contributed by atoms with Gasteiger partial charge in [0.1, 0.15) is 0 Å². The summed E-state index contributed by atoms with van der Waals surface area (Å²) in [7, 11) is 0. The molecule has 1 aliphatic heterocycles. The van der Waals surface area contributed by atoms with Crippen molar-refractivity contribution in [3.8, 4) is 6.07 Å². The van der Waals surface area contributed by atoms with E-state index in [1.807, 2.05) is 12.1 Å². The van der Waals surface area contributed by atoms with Gasteiger partial charge in [-0.05, 0) is 54.9 Å². The molecule has 0 spiro atoms. The predicted octanol–water partition coefficient (Wildman–Crippen LogP) is 5.00. The average molecular weight is 294 g/mol. The zero-order chi connectivity index (χ0) is 15.9. The topological polar surface area (TPSA) is 27.0 Å². The van der Waals surface area contributed by atoms with E-state index in [1.165, 1.54) is 16.8 Å². The van der Waals surface area contributed by atoms with Gasteiger partial charge in [-0.1, -0.05) is 38.6 Å². The lowest BCUT2D eigenvalue weighted by Crippen LogP contribution is -2.32. The third-order valence-electron chi connectivity index (χ3n) is 4.59. The van der Waals surface area contributed by atoms with Crippen LogP contribution < -0.4 is 0 Å². The van der Waals surface area contributed by atoms with Crippen LogP contribution in [0.5, 0.6) is 0 Å². The lowest BCUT2D eigenvalue weighted by Gasteiger charge is -2.35. The van der Waals surface area contributed by atoms with Crippen LogP contribution in [0.25, 0.3) is 0 Å². The van der Waals surface area contributed by atoms with E-state index in [2.05, 4.69) is 49.6 Å². The first kappa shape index (κ1) is 16.4. The molecule has 0 aliphatic carbocycles. The van der Waals surface area contributed by atoms with Crippen LogP contribution in [-0.2, 0) is 0 Å². The van der Waals surface area contributed by atoms with Crippen molar-refractivity contribution in [3.63, 3.8) is 0 Å². The molecule has 0 amide bonds. The molecule has 0 unspecified atom stereocenters. The van der Waals surface area contributed by atoms with Crippen LogP contribution in [0.3, 0.4) is 0 Å². The van der Waals surface area contributed by atoms with E-state index in [4.69, 9.17) is 5.26 Å². The third-order valence-corrected chi connectivity index (χ3v) is 4.59. The molecule has 1 heterocycles. The van der Waals surface area contributed by atoms with Crippen molar-refractivity contribution in [2.24, 2.45) is 0 Å². The van der Waals surface area contributed by atoms with Crippen LogP contribution in [0.2, 0.25) is 0 Å². The highest BCUT2D eigenvalue weighted by Crippen LogP contribution is 2.31. The van der Waals surface area contributed by atoms with E-state index in [9.17, 15) is 0 Å². The van der Waals surface area contributed by atoms with Crippen LogP contribution in [-0.4, -0.2) is 18.0 Å². The Morgan fingerprint density at radius 3 is 2.41 bits per heavy atom. The van der Waals surface area contributed by atoms with Crippen molar-refractivity contribution in [3.05, 3.63) is 59.3 Å². The van der Waals surface area contributed by atoms with Crippen molar-refractivity contribution >= 4 is 0 Å². The standard InChI is InChI=1S/C20H26N2/c1-4-6-18(5-2)16(3)22-13-11-20(12-14-22)19-9-7-17(15-21)8-10-19/h6-10,20H,3-5,11-14H2,1-2H3/b18-6+. The largest absolute Gasteiger partial charge is 0.372 e. The first-order valence-electron chi connectivity index (χ1n) is 8.32. The number of nitrogens with zero attached hydrogens (tertiary/aromatic N) is 2. The zero-order valence-corrected chi connectivity index (χ0v) is 13.8. The molecule has 2 rings (SSSR count). The summed E-state index contributed by atoms with van der Waals surface area (Å²) < 4.78 is 0. The van der Waals surface area contributed by atoms with Crippen LogP contribution >= 0.6 is 0 Å². The number of nitriles is 1. The van der Waals surface area contributed by atoms with Gasteiger partial charge in [0.2, 0.25) is 0 Å². The van der Waals surface area contributed by atoms with Crippen molar-refractivity contribution in [1.82, 2.24) is 4.90 Å². The number of hydrogen-bond acceptors (Lipinski definition) is 2. The molecule has 0 N–H and O–H groups in total. The minimum atomic E-state index is 0.608. The summed E-state index contributed by atoms with van der Waals surface area (Å²) in [6.07, 6.45) is 6.75. The molecule has 0 saturated carbocycles. The van der Waals surface area contributed by atoms with Gasteiger partial charge >= 0.3 is 0 Å². The molecule has 1 fully saturated rings. The molecule has 116 valence electrons. The minimum Gasteiger partial charge on any atom is -0.372 e. The first-order valence-corrected chi connectivity index (χ1v) is 8.32. The molecule has 22 heavy (non-hydrogen) atoms. The van der Waals surface area contributed by atoms with Crippen molar-refractivity contribution < 1.29 is 0 Å². The maximum atomic E-state index is 8.88. The Hall–Kier alpha value is -2.01. The summed E-state index contributed by atoms with van der Waals surface area (Å²) >= 11 is 0. The van der Waals surface area contributed by atoms with Gasteiger partial charge in [0.15, 0.2) is 0 Å². The highest BCUT2D eigenvalue weighted by molar-refractivity contribution is 5.33. The molecule has 1 saturated heterocycles. The molecule has 2 nitrogen and oxygen atoms in total. The maximum Gasteiger partial charge on any atom is 0.0991 e. The molecular formula is C20H26N2. The average Bonchev–Trinajstić information content (AvgIpc) is 2.59.